The van der Waals surface area contributed by atoms with E-state index in [4.69, 9.17) is 4.74 Å². The minimum atomic E-state index is -0.803. The van der Waals surface area contributed by atoms with Crippen molar-refractivity contribution in [1.29, 1.82) is 0 Å². The van der Waals surface area contributed by atoms with Gasteiger partial charge in [0.25, 0.3) is 0 Å². The van der Waals surface area contributed by atoms with E-state index in [-0.39, 0.29) is 24.2 Å². The molecule has 120 valence electrons. The van der Waals surface area contributed by atoms with Gasteiger partial charge in [-0.25, -0.2) is 4.79 Å². The van der Waals surface area contributed by atoms with Crippen LogP contribution < -0.4 is 10.6 Å². The van der Waals surface area contributed by atoms with Gasteiger partial charge in [0.1, 0.15) is 0 Å². The second-order valence-corrected chi connectivity index (χ2v) is 6.05. The molecular formula is C15H26N2O4. The Hall–Kier alpha value is -1.30. The summed E-state index contributed by atoms with van der Waals surface area (Å²) >= 11 is 0. The van der Waals surface area contributed by atoms with Crippen molar-refractivity contribution in [3.63, 3.8) is 0 Å². The molecular weight excluding hydrogens is 272 g/mol. The van der Waals surface area contributed by atoms with E-state index in [2.05, 4.69) is 10.6 Å². The normalized spacial score (nSPS) is 32.6. The van der Waals surface area contributed by atoms with Crippen molar-refractivity contribution in [2.24, 2.45) is 5.92 Å². The highest BCUT2D eigenvalue weighted by Crippen LogP contribution is 2.25. The first-order valence-corrected chi connectivity index (χ1v) is 8.01. The highest BCUT2D eigenvalue weighted by molar-refractivity contribution is 5.77. The fourth-order valence-electron chi connectivity index (χ4n) is 3.23. The number of rotatable bonds is 5. The van der Waals surface area contributed by atoms with Crippen LogP contribution in [-0.4, -0.2) is 41.9 Å². The van der Waals surface area contributed by atoms with E-state index in [1.54, 1.807) is 0 Å². The lowest BCUT2D eigenvalue weighted by atomic mass is 9.89. The lowest BCUT2D eigenvalue weighted by Crippen LogP contribution is -2.54. The second kappa shape index (κ2) is 7.64. The van der Waals surface area contributed by atoms with E-state index in [1.807, 2.05) is 6.92 Å². The predicted molar refractivity (Wildman–Crippen MR) is 78.1 cm³/mol. The summed E-state index contributed by atoms with van der Waals surface area (Å²) < 4.78 is 5.46. The third-order valence-electron chi connectivity index (χ3n) is 4.48. The first-order chi connectivity index (χ1) is 10.1. The highest BCUT2D eigenvalue weighted by Gasteiger charge is 2.33. The molecule has 0 aromatic rings. The monoisotopic (exact) mass is 298 g/mol. The quantitative estimate of drug-likeness (QED) is 0.676. The summed E-state index contributed by atoms with van der Waals surface area (Å²) in [6.07, 6.45) is 6.28. The molecule has 2 aliphatic carbocycles. The maximum atomic E-state index is 12.0. The number of carboxylic acids is 1. The van der Waals surface area contributed by atoms with Crippen LogP contribution in [0.3, 0.4) is 0 Å². The Morgan fingerprint density at radius 2 is 1.86 bits per heavy atom. The van der Waals surface area contributed by atoms with Crippen molar-refractivity contribution < 1.29 is 19.4 Å². The Morgan fingerprint density at radius 3 is 2.52 bits per heavy atom. The zero-order chi connectivity index (χ0) is 15.2. The SMILES string of the molecule is CCOC1CC(NC(=O)NC2CCCCCC2C(=O)O)C1. The fraction of sp³-hybridized carbons (Fsp3) is 0.867. The Morgan fingerprint density at radius 1 is 1.14 bits per heavy atom. The molecule has 0 aliphatic heterocycles. The molecule has 0 bridgehead atoms. The molecule has 2 atom stereocenters. The number of ether oxygens (including phenoxy) is 1. The van der Waals surface area contributed by atoms with Crippen LogP contribution in [0.25, 0.3) is 0 Å². The van der Waals surface area contributed by atoms with Crippen LogP contribution in [0, 0.1) is 5.92 Å². The van der Waals surface area contributed by atoms with Gasteiger partial charge in [0.2, 0.25) is 0 Å². The smallest absolute Gasteiger partial charge is 0.315 e. The van der Waals surface area contributed by atoms with Gasteiger partial charge in [0, 0.05) is 18.7 Å². The summed E-state index contributed by atoms with van der Waals surface area (Å²) in [4.78, 5) is 23.3. The number of carboxylic acid groups (broad SMARTS) is 1. The number of amides is 2. The molecule has 2 fully saturated rings. The lowest BCUT2D eigenvalue weighted by Gasteiger charge is -2.35. The molecule has 2 amide bonds. The zero-order valence-corrected chi connectivity index (χ0v) is 12.6. The molecule has 6 nitrogen and oxygen atoms in total. The molecule has 0 radical (unpaired) electrons. The average molecular weight is 298 g/mol. The minimum Gasteiger partial charge on any atom is -0.481 e. The van der Waals surface area contributed by atoms with Crippen LogP contribution >= 0.6 is 0 Å². The lowest BCUT2D eigenvalue weighted by molar-refractivity contribution is -0.142. The van der Waals surface area contributed by atoms with Crippen molar-refractivity contribution in [1.82, 2.24) is 10.6 Å². The average Bonchev–Trinajstić information content (AvgIpc) is 2.61. The van der Waals surface area contributed by atoms with Gasteiger partial charge in [-0.1, -0.05) is 19.3 Å². The standard InChI is InChI=1S/C15H26N2O4/c1-2-21-11-8-10(9-11)16-15(20)17-13-7-5-3-4-6-12(13)14(18)19/h10-13H,2-9H2,1H3,(H,18,19)(H2,16,17,20). The number of nitrogens with one attached hydrogen (secondary N) is 2. The number of carbonyl (C=O) groups is 2. The van der Waals surface area contributed by atoms with Crippen molar-refractivity contribution in [2.75, 3.05) is 6.61 Å². The molecule has 2 aliphatic rings. The fourth-order valence-corrected chi connectivity index (χ4v) is 3.23. The van der Waals surface area contributed by atoms with Crippen molar-refractivity contribution in [2.45, 2.75) is 70.1 Å². The van der Waals surface area contributed by atoms with E-state index in [0.29, 0.717) is 13.0 Å². The summed E-state index contributed by atoms with van der Waals surface area (Å²) in [6.45, 7) is 2.66. The third-order valence-corrected chi connectivity index (χ3v) is 4.48. The van der Waals surface area contributed by atoms with Crippen LogP contribution in [0.4, 0.5) is 4.79 Å². The van der Waals surface area contributed by atoms with Gasteiger partial charge in [-0.3, -0.25) is 4.79 Å². The van der Waals surface area contributed by atoms with Gasteiger partial charge in [-0.15, -0.1) is 0 Å². The molecule has 0 heterocycles. The van der Waals surface area contributed by atoms with Crippen molar-refractivity contribution in [3.8, 4) is 0 Å². The van der Waals surface area contributed by atoms with Gasteiger partial charge in [0.05, 0.1) is 12.0 Å². The van der Waals surface area contributed by atoms with Crippen molar-refractivity contribution in [3.05, 3.63) is 0 Å². The number of hydrogen-bond donors (Lipinski definition) is 3. The maximum Gasteiger partial charge on any atom is 0.315 e. The molecule has 2 rings (SSSR count). The Kier molecular flexibility index (Phi) is 5.85. The number of hydrogen-bond acceptors (Lipinski definition) is 3. The van der Waals surface area contributed by atoms with Gasteiger partial charge < -0.3 is 20.5 Å². The number of urea groups is 1. The third kappa shape index (κ3) is 4.59. The topological polar surface area (TPSA) is 87.7 Å². The van der Waals surface area contributed by atoms with E-state index in [1.165, 1.54) is 0 Å². The predicted octanol–water partition coefficient (Wildman–Crippen LogP) is 1.89. The summed E-state index contributed by atoms with van der Waals surface area (Å²) in [7, 11) is 0. The Labute approximate surface area is 125 Å². The molecule has 3 N–H and O–H groups in total. The maximum absolute atomic E-state index is 12.0. The summed E-state index contributed by atoms with van der Waals surface area (Å²) in [5.41, 5.74) is 0. The molecule has 0 aromatic heterocycles. The molecule has 2 unspecified atom stereocenters. The second-order valence-electron chi connectivity index (χ2n) is 6.05. The summed E-state index contributed by atoms with van der Waals surface area (Å²) in [6, 6.07) is -0.350. The Balaban J connectivity index is 1.76. The van der Waals surface area contributed by atoms with E-state index in [9.17, 15) is 14.7 Å². The van der Waals surface area contributed by atoms with Crippen LogP contribution in [-0.2, 0) is 9.53 Å². The molecule has 0 spiro atoms. The summed E-state index contributed by atoms with van der Waals surface area (Å²) in [5, 5.41) is 15.1. The number of aliphatic carboxylic acids is 1. The first-order valence-electron chi connectivity index (χ1n) is 8.01. The van der Waals surface area contributed by atoms with Crippen molar-refractivity contribution >= 4 is 12.0 Å². The molecule has 0 saturated heterocycles. The van der Waals surface area contributed by atoms with Gasteiger partial charge >= 0.3 is 12.0 Å². The molecule has 21 heavy (non-hydrogen) atoms. The van der Waals surface area contributed by atoms with E-state index >= 15 is 0 Å². The zero-order valence-electron chi connectivity index (χ0n) is 12.6. The van der Waals surface area contributed by atoms with Crippen LogP contribution in [0.2, 0.25) is 0 Å². The van der Waals surface area contributed by atoms with Crippen LogP contribution in [0.1, 0.15) is 51.9 Å². The van der Waals surface area contributed by atoms with Gasteiger partial charge in [-0.05, 0) is 32.6 Å². The van der Waals surface area contributed by atoms with Gasteiger partial charge in [-0.2, -0.15) is 0 Å². The minimum absolute atomic E-state index is 0.149. The highest BCUT2D eigenvalue weighted by atomic mass is 16.5. The molecule has 6 heteroatoms. The van der Waals surface area contributed by atoms with E-state index in [0.717, 1.165) is 38.5 Å². The molecule has 0 aromatic carbocycles. The van der Waals surface area contributed by atoms with Gasteiger partial charge in [0.15, 0.2) is 0 Å². The Bertz CT molecular complexity index is 369. The van der Waals surface area contributed by atoms with Crippen LogP contribution in [0.15, 0.2) is 0 Å². The van der Waals surface area contributed by atoms with E-state index < -0.39 is 11.9 Å². The van der Waals surface area contributed by atoms with Crippen LogP contribution in [0.5, 0.6) is 0 Å². The largest absolute Gasteiger partial charge is 0.481 e. The first kappa shape index (κ1) is 16.1. The number of carbonyl (C=O) groups excluding carboxylic acids is 1. The molecule has 2 saturated carbocycles. The summed E-state index contributed by atoms with van der Waals surface area (Å²) in [5.74, 6) is -1.27.